The zero-order valence-electron chi connectivity index (χ0n) is 49.3. The molecular formula is C59H96N12O6S. The van der Waals surface area contributed by atoms with Gasteiger partial charge in [0.15, 0.2) is 11.3 Å². The number of nitrogens with zero attached hydrogens (tertiary/aromatic N) is 9. The molecule has 4 aromatic heterocycles. The van der Waals surface area contributed by atoms with Crippen LogP contribution in [0.3, 0.4) is 0 Å². The Balaban J connectivity index is 0.000000394. The average molecular weight is 1100 g/mol. The number of anilines is 1. The fourth-order valence-electron chi connectivity index (χ4n) is 7.86. The van der Waals surface area contributed by atoms with E-state index in [0.717, 1.165) is 104 Å². The number of nitrogens with two attached hydrogens (primary N) is 1. The van der Waals surface area contributed by atoms with Crippen molar-refractivity contribution in [3.63, 3.8) is 0 Å². The predicted octanol–water partition coefficient (Wildman–Crippen LogP) is 10.1. The number of unbranched alkanes of at least 4 members (excludes halogenated alkanes) is 3. The zero-order chi connectivity index (χ0) is 58.0. The fourth-order valence-corrected chi connectivity index (χ4v) is 8.37. The summed E-state index contributed by atoms with van der Waals surface area (Å²) in [6.07, 6.45) is 25.7. The predicted molar refractivity (Wildman–Crippen MR) is 317 cm³/mol. The van der Waals surface area contributed by atoms with Gasteiger partial charge in [0.1, 0.15) is 24.0 Å². The molecule has 0 spiro atoms. The number of carbonyl (C=O) groups is 2. The summed E-state index contributed by atoms with van der Waals surface area (Å²) in [6, 6.07) is 8.44. The minimum atomic E-state index is -3.59. The standard InChI is InChI=1S/C24H35N5O3S.C15H23NO.C14H23N5O.C6H15NO/c1-7-12-19(8-2)21(30)14-11-9-10-13-18(5)15-25-23-28-24(33(6,31)32)27-22-20(17(3)4)16-26-29(22)23;1-2-3-4-5-9-15(17)11-13-7-6-8-14(10-13)12-16;1-5-11(6-7-15-4)20-14-16-9-19-13(18-14)12(8-17-19)10(2)3;1-3-7(2)5-4-6-8/h9-11,13,16-17,19H,5,7-8,12,14-15H2,1-4,6H3,(H,25,27,28);6-8,10H,2-5,9,11-12,16H2,1H3;8-11,15H,5-7H2,1-4H3;8H,3-6H2,1-2H3/b11-9+,13-10-;;;. The van der Waals surface area contributed by atoms with Crippen LogP contribution in [0.5, 0.6) is 6.01 Å². The molecule has 5 rings (SSSR count). The lowest BCUT2D eigenvalue weighted by Gasteiger charge is -2.15. The smallest absolute Gasteiger partial charge is 0.320 e. The summed E-state index contributed by atoms with van der Waals surface area (Å²) >= 11 is 0. The molecule has 19 heteroatoms. The normalized spacial score (nSPS) is 12.4. The SMILES string of the molecule is C=C(/C=C\C=C\CC(=O)C(CC)CCC)CNc1nc(S(C)(=O)=O)nc2c(C(C)C)cnn12.CCC(CCNC)Oc1ncn2ncc(C(C)C)c2n1.CCCCCCC(=O)Cc1cccc(CN)c1.CCN(C)CCCO. The molecule has 0 saturated carbocycles. The molecule has 5 N–H and O–H groups in total. The van der Waals surface area contributed by atoms with Crippen LogP contribution in [0.15, 0.2) is 84.6 Å². The van der Waals surface area contributed by atoms with Crippen molar-refractivity contribution in [3.05, 3.63) is 102 Å². The lowest BCUT2D eigenvalue weighted by molar-refractivity contribution is -0.122. The number of nitrogens with one attached hydrogen (secondary N) is 2. The highest BCUT2D eigenvalue weighted by Gasteiger charge is 2.20. The molecule has 0 saturated heterocycles. The van der Waals surface area contributed by atoms with Gasteiger partial charge < -0.3 is 31.1 Å². The van der Waals surface area contributed by atoms with Crippen LogP contribution in [0.2, 0.25) is 0 Å². The van der Waals surface area contributed by atoms with Gasteiger partial charge in [-0.1, -0.05) is 143 Å². The number of ether oxygens (including phenoxy) is 1. The number of carbonyl (C=O) groups excluding carboxylic acids is 2. The third kappa shape index (κ3) is 25.4. The van der Waals surface area contributed by atoms with Crippen molar-refractivity contribution in [3.8, 4) is 6.01 Å². The summed E-state index contributed by atoms with van der Waals surface area (Å²) in [5.41, 5.74) is 11.8. The highest BCUT2D eigenvalue weighted by atomic mass is 32.2. The van der Waals surface area contributed by atoms with Gasteiger partial charge in [-0.3, -0.25) is 9.59 Å². The Morgan fingerprint density at radius 2 is 1.60 bits per heavy atom. The Hall–Kier alpha value is -5.73. The van der Waals surface area contributed by atoms with Gasteiger partial charge in [0.2, 0.25) is 15.8 Å². The van der Waals surface area contributed by atoms with Crippen LogP contribution < -0.4 is 21.1 Å². The van der Waals surface area contributed by atoms with Crippen molar-refractivity contribution in [1.82, 2.24) is 49.4 Å². The van der Waals surface area contributed by atoms with Gasteiger partial charge in [0.05, 0.1) is 12.4 Å². The van der Waals surface area contributed by atoms with Crippen LogP contribution >= 0.6 is 0 Å². The van der Waals surface area contributed by atoms with Crippen LogP contribution in [0, 0.1) is 5.92 Å². The number of sulfone groups is 1. The number of rotatable bonds is 32. The highest BCUT2D eigenvalue weighted by Crippen LogP contribution is 2.23. The Kier molecular flexibility index (Phi) is 33.3. The highest BCUT2D eigenvalue weighted by molar-refractivity contribution is 7.90. The van der Waals surface area contributed by atoms with Crippen molar-refractivity contribution in [2.24, 2.45) is 11.7 Å². The minimum absolute atomic E-state index is 0.129. The van der Waals surface area contributed by atoms with Gasteiger partial charge in [-0.15, -0.1) is 0 Å². The number of fused-ring (bicyclic) bond motifs is 2. The number of ketones is 2. The van der Waals surface area contributed by atoms with Gasteiger partial charge >= 0.3 is 6.01 Å². The first-order chi connectivity index (χ1) is 37.3. The number of hydrogen-bond acceptors (Lipinski definition) is 16. The summed E-state index contributed by atoms with van der Waals surface area (Å²) in [5.74, 6) is 1.55. The second-order valence-corrected chi connectivity index (χ2v) is 22.1. The lowest BCUT2D eigenvalue weighted by Crippen LogP contribution is -2.22. The molecule has 2 atom stereocenters. The summed E-state index contributed by atoms with van der Waals surface area (Å²) in [7, 11) is 0.400. The number of hydrogen-bond donors (Lipinski definition) is 4. The van der Waals surface area contributed by atoms with Crippen molar-refractivity contribution in [1.29, 1.82) is 0 Å². The fraction of sp³-hybridized carbons (Fsp3) is 0.593. The van der Waals surface area contributed by atoms with Crippen LogP contribution in [0.1, 0.15) is 173 Å². The number of aliphatic hydroxyl groups excluding tert-OH is 1. The Morgan fingerprint density at radius 3 is 2.22 bits per heavy atom. The number of Topliss-reactive ketones (excluding diaryl/α,β-unsaturated/α-hetero) is 2. The van der Waals surface area contributed by atoms with E-state index in [0.29, 0.717) is 62.3 Å². The van der Waals surface area contributed by atoms with Gasteiger partial charge in [-0.05, 0) is 101 Å². The quantitative estimate of drug-likeness (QED) is 0.0231. The first-order valence-electron chi connectivity index (χ1n) is 28.1. The maximum absolute atomic E-state index is 12.2. The second-order valence-electron chi connectivity index (χ2n) is 20.2. The molecule has 1 aromatic carbocycles. The van der Waals surface area contributed by atoms with E-state index in [1.165, 1.54) is 23.8 Å². The van der Waals surface area contributed by atoms with Gasteiger partial charge in [0.25, 0.3) is 5.16 Å². The first-order valence-corrected chi connectivity index (χ1v) is 30.0. The molecule has 18 nitrogen and oxygen atoms in total. The molecule has 0 amide bonds. The molecule has 0 radical (unpaired) electrons. The van der Waals surface area contributed by atoms with Crippen molar-refractivity contribution < 1.29 is 27.9 Å². The van der Waals surface area contributed by atoms with E-state index in [1.807, 2.05) is 75.7 Å². The molecule has 0 aliphatic rings. The summed E-state index contributed by atoms with van der Waals surface area (Å²) in [6.45, 7) is 27.0. The van der Waals surface area contributed by atoms with E-state index in [-0.39, 0.29) is 34.8 Å². The van der Waals surface area contributed by atoms with Crippen LogP contribution in [0.4, 0.5) is 5.95 Å². The monoisotopic (exact) mass is 1100 g/mol. The molecule has 0 fully saturated rings. The van der Waals surface area contributed by atoms with Gasteiger partial charge in [0, 0.05) is 62.3 Å². The molecule has 0 aliphatic heterocycles. The number of benzene rings is 1. The largest absolute Gasteiger partial charge is 0.460 e. The maximum atomic E-state index is 12.2. The lowest BCUT2D eigenvalue weighted by atomic mass is 9.94. The van der Waals surface area contributed by atoms with Crippen molar-refractivity contribution in [2.45, 2.75) is 175 Å². The first kappa shape index (κ1) is 68.4. The molecule has 0 bridgehead atoms. The topological polar surface area (TPSA) is 237 Å². The number of aliphatic hydroxyl groups is 1. The second kappa shape index (κ2) is 38.0. The third-order valence-electron chi connectivity index (χ3n) is 12.8. The molecule has 2 unspecified atom stereocenters. The van der Waals surface area contributed by atoms with Gasteiger partial charge in [-0.25, -0.2) is 12.9 Å². The van der Waals surface area contributed by atoms with Crippen LogP contribution in [0.25, 0.3) is 11.3 Å². The summed E-state index contributed by atoms with van der Waals surface area (Å²) < 4.78 is 33.2. The van der Waals surface area contributed by atoms with Crippen LogP contribution in [-0.4, -0.2) is 128 Å². The molecule has 78 heavy (non-hydrogen) atoms. The number of allylic oxidation sites excluding steroid dienone is 3. The molecular weight excluding hydrogens is 1000 g/mol. The van der Waals surface area contributed by atoms with E-state index in [9.17, 15) is 18.0 Å². The summed E-state index contributed by atoms with van der Waals surface area (Å²) in [5, 5.41) is 23.0. The average Bonchev–Trinajstić information content (AvgIpc) is 4.13. The summed E-state index contributed by atoms with van der Waals surface area (Å²) in [4.78, 5) is 43.2. The Morgan fingerprint density at radius 1 is 0.897 bits per heavy atom. The van der Waals surface area contributed by atoms with E-state index in [2.05, 4.69) is 108 Å². The zero-order valence-corrected chi connectivity index (χ0v) is 50.1. The van der Waals surface area contributed by atoms with E-state index in [4.69, 9.17) is 15.6 Å². The van der Waals surface area contributed by atoms with E-state index in [1.54, 1.807) is 17.0 Å². The molecule has 434 valence electrons. The Labute approximate surface area is 467 Å². The minimum Gasteiger partial charge on any atom is -0.460 e. The van der Waals surface area contributed by atoms with Crippen molar-refractivity contribution in [2.75, 3.05) is 58.5 Å². The van der Waals surface area contributed by atoms with Crippen LogP contribution in [-0.2, 0) is 32.4 Å². The molecule has 5 aromatic rings. The van der Waals surface area contributed by atoms with E-state index >= 15 is 0 Å². The van der Waals surface area contributed by atoms with Crippen molar-refractivity contribution >= 4 is 38.6 Å². The molecule has 4 heterocycles. The number of aromatic nitrogens is 8. The van der Waals surface area contributed by atoms with E-state index < -0.39 is 9.84 Å². The third-order valence-corrected chi connectivity index (χ3v) is 13.6. The molecule has 0 aliphatic carbocycles. The van der Waals surface area contributed by atoms with Gasteiger partial charge in [-0.2, -0.15) is 34.6 Å². The Bertz CT molecular complexity index is 2700. The maximum Gasteiger partial charge on any atom is 0.320 e.